The summed E-state index contributed by atoms with van der Waals surface area (Å²) in [6.07, 6.45) is 1.13. The molecule has 1 aromatic carbocycles. The van der Waals surface area contributed by atoms with E-state index in [1.165, 1.54) is 0 Å². The second-order valence-electron chi connectivity index (χ2n) is 4.20. The summed E-state index contributed by atoms with van der Waals surface area (Å²) >= 11 is 0.943. The molecule has 0 fully saturated rings. The van der Waals surface area contributed by atoms with Gasteiger partial charge in [0.2, 0.25) is 0 Å². The summed E-state index contributed by atoms with van der Waals surface area (Å²) in [4.78, 5) is 0. The number of rotatable bonds is 2. The number of sulfone groups is 1. The number of nitrogens with two attached hydrogens (primary N) is 1. The zero-order valence-electron chi connectivity index (χ0n) is 10.5. The van der Waals surface area contributed by atoms with Gasteiger partial charge in [0.15, 0.2) is 9.84 Å². The Balaban J connectivity index is 2.91. The van der Waals surface area contributed by atoms with Gasteiger partial charge in [-0.3, -0.25) is 0 Å². The number of thiophene rings is 1. The number of hydrogen-bond acceptors (Lipinski definition) is 5. The van der Waals surface area contributed by atoms with E-state index in [9.17, 15) is 13.7 Å². The maximum absolute atomic E-state index is 11.9. The molecule has 0 amide bonds. The van der Waals surface area contributed by atoms with E-state index in [-0.39, 0.29) is 14.8 Å². The minimum Gasteiger partial charge on any atom is -0.389 e. The van der Waals surface area contributed by atoms with E-state index in [1.807, 2.05) is 31.2 Å². The van der Waals surface area contributed by atoms with Crippen molar-refractivity contribution in [2.75, 3.05) is 12.0 Å². The van der Waals surface area contributed by atoms with Crippen LogP contribution < -0.4 is 5.73 Å². The van der Waals surface area contributed by atoms with Crippen LogP contribution in [-0.2, 0) is 9.84 Å². The molecule has 2 N–H and O–H groups in total. The topological polar surface area (TPSA) is 83.9 Å². The van der Waals surface area contributed by atoms with Gasteiger partial charge in [0, 0.05) is 11.8 Å². The Labute approximate surface area is 116 Å². The van der Waals surface area contributed by atoms with E-state index in [1.54, 1.807) is 6.07 Å². The first-order chi connectivity index (χ1) is 8.86. The average Bonchev–Trinajstić information content (AvgIpc) is 2.66. The van der Waals surface area contributed by atoms with Crippen LogP contribution in [0.3, 0.4) is 0 Å². The number of nitrogens with zero attached hydrogens (tertiary/aromatic N) is 1. The quantitative estimate of drug-likeness (QED) is 0.922. The normalized spacial score (nSPS) is 11.2. The molecule has 0 bridgehead atoms. The molecule has 0 aliphatic carbocycles. The van der Waals surface area contributed by atoms with Gasteiger partial charge in [0.1, 0.15) is 15.3 Å². The molecule has 0 aliphatic rings. The largest absolute Gasteiger partial charge is 0.389 e. The van der Waals surface area contributed by atoms with E-state index in [2.05, 4.69) is 0 Å². The molecule has 98 valence electrons. The molecule has 0 saturated carbocycles. The van der Waals surface area contributed by atoms with Crippen LogP contribution in [0.1, 0.15) is 11.1 Å². The highest BCUT2D eigenvalue weighted by Gasteiger charge is 2.25. The van der Waals surface area contributed by atoms with Crippen LogP contribution in [0, 0.1) is 18.3 Å². The van der Waals surface area contributed by atoms with Crippen molar-refractivity contribution in [2.24, 2.45) is 0 Å². The minimum atomic E-state index is -3.42. The van der Waals surface area contributed by atoms with E-state index in [0.717, 1.165) is 28.7 Å². The molecule has 2 rings (SSSR count). The number of nitrogen functional groups attached to an aromatic ring is 1. The molecule has 0 spiro atoms. The predicted molar refractivity (Wildman–Crippen MR) is 76.7 cm³/mol. The fourth-order valence-corrected chi connectivity index (χ4v) is 4.12. The van der Waals surface area contributed by atoms with Crippen molar-refractivity contribution < 1.29 is 8.42 Å². The van der Waals surface area contributed by atoms with Gasteiger partial charge in [-0.1, -0.05) is 24.3 Å². The highest BCUT2D eigenvalue weighted by molar-refractivity contribution is 7.93. The van der Waals surface area contributed by atoms with Gasteiger partial charge in [-0.2, -0.15) is 5.26 Å². The van der Waals surface area contributed by atoms with Crippen molar-refractivity contribution in [1.29, 1.82) is 5.26 Å². The van der Waals surface area contributed by atoms with Crippen molar-refractivity contribution in [3.8, 4) is 17.2 Å². The van der Waals surface area contributed by atoms with Gasteiger partial charge in [-0.05, 0) is 18.1 Å². The molecule has 0 atom stereocenters. The number of benzene rings is 1. The van der Waals surface area contributed by atoms with Gasteiger partial charge < -0.3 is 5.73 Å². The summed E-state index contributed by atoms with van der Waals surface area (Å²) in [5.74, 6) is 0. The fourth-order valence-electron chi connectivity index (χ4n) is 1.90. The van der Waals surface area contributed by atoms with Gasteiger partial charge in [-0.15, -0.1) is 11.3 Å². The van der Waals surface area contributed by atoms with Gasteiger partial charge in [0.05, 0.1) is 5.56 Å². The van der Waals surface area contributed by atoms with E-state index < -0.39 is 9.84 Å². The molecule has 2 aromatic rings. The highest BCUT2D eigenvalue weighted by Crippen LogP contribution is 2.41. The first-order valence-electron chi connectivity index (χ1n) is 5.44. The lowest BCUT2D eigenvalue weighted by atomic mass is 10.00. The Morgan fingerprint density at radius 1 is 1.32 bits per heavy atom. The van der Waals surface area contributed by atoms with Gasteiger partial charge >= 0.3 is 0 Å². The van der Waals surface area contributed by atoms with Gasteiger partial charge in [-0.25, -0.2) is 8.42 Å². The van der Waals surface area contributed by atoms with Crippen LogP contribution >= 0.6 is 11.3 Å². The van der Waals surface area contributed by atoms with Crippen LogP contribution in [-0.4, -0.2) is 14.7 Å². The molecular formula is C13H12N2O2S2. The Morgan fingerprint density at radius 3 is 2.47 bits per heavy atom. The minimum absolute atomic E-state index is 0.149. The lowest BCUT2D eigenvalue weighted by Crippen LogP contribution is -1.97. The van der Waals surface area contributed by atoms with E-state index in [4.69, 9.17) is 5.73 Å². The predicted octanol–water partition coefficient (Wildman–Crippen LogP) is 2.58. The van der Waals surface area contributed by atoms with Crippen LogP contribution in [0.15, 0.2) is 28.5 Å². The molecule has 1 aromatic heterocycles. The monoisotopic (exact) mass is 292 g/mol. The maximum atomic E-state index is 11.9. The third-order valence-electron chi connectivity index (χ3n) is 2.77. The molecule has 1 heterocycles. The Morgan fingerprint density at radius 2 is 1.95 bits per heavy atom. The van der Waals surface area contributed by atoms with E-state index in [0.29, 0.717) is 5.56 Å². The first-order valence-corrected chi connectivity index (χ1v) is 8.15. The van der Waals surface area contributed by atoms with E-state index >= 15 is 0 Å². The molecule has 0 saturated heterocycles. The fraction of sp³-hybridized carbons (Fsp3) is 0.154. The summed E-state index contributed by atoms with van der Waals surface area (Å²) in [6.45, 7) is 1.87. The summed E-state index contributed by atoms with van der Waals surface area (Å²) < 4.78 is 23.9. The summed E-state index contributed by atoms with van der Waals surface area (Å²) in [5.41, 5.74) is 8.06. The Bertz CT molecular complexity index is 783. The molecule has 0 unspecified atom stereocenters. The Hall–Kier alpha value is -1.84. The zero-order chi connectivity index (χ0) is 14.2. The first kappa shape index (κ1) is 13.6. The molecule has 4 nitrogen and oxygen atoms in total. The highest BCUT2D eigenvalue weighted by atomic mass is 32.2. The van der Waals surface area contributed by atoms with Crippen molar-refractivity contribution in [1.82, 2.24) is 0 Å². The van der Waals surface area contributed by atoms with Gasteiger partial charge in [0.25, 0.3) is 0 Å². The van der Waals surface area contributed by atoms with Crippen LogP contribution in [0.25, 0.3) is 11.1 Å². The van der Waals surface area contributed by atoms with Crippen molar-refractivity contribution in [3.05, 3.63) is 35.4 Å². The van der Waals surface area contributed by atoms with Crippen molar-refractivity contribution >= 4 is 26.2 Å². The number of anilines is 1. The molecule has 6 heteroatoms. The lowest BCUT2D eigenvalue weighted by Gasteiger charge is -2.06. The summed E-state index contributed by atoms with van der Waals surface area (Å²) in [7, 11) is -3.42. The molecular weight excluding hydrogens is 280 g/mol. The average molecular weight is 292 g/mol. The standard InChI is InChI=1S/C13H12N2O2S2/c1-8-5-3-4-6-9(8)11-10(7-14)12(15)18-13(11)19(2,16)17/h3-6H,15H2,1-2H3. The zero-order valence-corrected chi connectivity index (χ0v) is 12.1. The van der Waals surface area contributed by atoms with Crippen LogP contribution in [0.4, 0.5) is 5.00 Å². The number of aryl methyl sites for hydroxylation is 1. The third kappa shape index (κ3) is 2.35. The summed E-state index contributed by atoms with van der Waals surface area (Å²) in [5, 5.41) is 9.45. The third-order valence-corrected chi connectivity index (χ3v) is 5.62. The molecule has 19 heavy (non-hydrogen) atoms. The smallest absolute Gasteiger partial charge is 0.185 e. The van der Waals surface area contributed by atoms with Crippen molar-refractivity contribution in [2.45, 2.75) is 11.1 Å². The second kappa shape index (κ2) is 4.68. The van der Waals surface area contributed by atoms with Crippen LogP contribution in [0.5, 0.6) is 0 Å². The lowest BCUT2D eigenvalue weighted by molar-refractivity contribution is 0.604. The SMILES string of the molecule is Cc1ccccc1-c1c(S(C)(=O)=O)sc(N)c1C#N. The summed E-state index contributed by atoms with van der Waals surface area (Å²) in [6, 6.07) is 9.34. The van der Waals surface area contributed by atoms with Crippen molar-refractivity contribution in [3.63, 3.8) is 0 Å². The maximum Gasteiger partial charge on any atom is 0.185 e. The second-order valence-corrected chi connectivity index (χ2v) is 7.47. The molecule has 0 aliphatic heterocycles. The van der Waals surface area contributed by atoms with Crippen LogP contribution in [0.2, 0.25) is 0 Å². The number of hydrogen-bond donors (Lipinski definition) is 1. The number of nitriles is 1. The molecule has 0 radical (unpaired) electrons. The Kier molecular flexibility index (Phi) is 3.35.